The zero-order valence-corrected chi connectivity index (χ0v) is 13.3. The lowest BCUT2D eigenvalue weighted by Crippen LogP contribution is -2.35. The summed E-state index contributed by atoms with van der Waals surface area (Å²) in [5.41, 5.74) is 1.71. The number of nitrogens with one attached hydrogen (secondary N) is 1. The number of hydrogen-bond acceptors (Lipinski definition) is 5. The van der Waals surface area contributed by atoms with E-state index < -0.39 is 0 Å². The molecule has 2 N–H and O–H groups in total. The monoisotopic (exact) mass is 317 g/mol. The molecule has 1 aromatic heterocycles. The van der Waals surface area contributed by atoms with Crippen LogP contribution in [0.25, 0.3) is 0 Å². The molecule has 0 saturated carbocycles. The first-order chi connectivity index (χ1) is 10.6. The number of benzene rings is 1. The average Bonchev–Trinajstić information content (AvgIpc) is 2.93. The highest BCUT2D eigenvalue weighted by Crippen LogP contribution is 2.22. The van der Waals surface area contributed by atoms with Gasteiger partial charge in [-0.2, -0.15) is 0 Å². The van der Waals surface area contributed by atoms with Crippen LogP contribution in [0.15, 0.2) is 30.5 Å². The van der Waals surface area contributed by atoms with Crippen LogP contribution in [0.1, 0.15) is 28.1 Å². The van der Waals surface area contributed by atoms with Gasteiger partial charge in [0.15, 0.2) is 5.13 Å². The minimum absolute atomic E-state index is 0.144. The van der Waals surface area contributed by atoms with Crippen molar-refractivity contribution in [3.05, 3.63) is 40.9 Å². The SMILES string of the molecule is Cc1cnc(NC(=O)c2ccc(N3CCC(O)CC3)cc2)s1. The van der Waals surface area contributed by atoms with Crippen LogP contribution < -0.4 is 10.2 Å². The number of hydrogen-bond donors (Lipinski definition) is 2. The van der Waals surface area contributed by atoms with E-state index in [4.69, 9.17) is 0 Å². The van der Waals surface area contributed by atoms with Crippen molar-refractivity contribution in [2.75, 3.05) is 23.3 Å². The second-order valence-electron chi connectivity index (χ2n) is 5.50. The Bertz CT molecular complexity index is 646. The van der Waals surface area contributed by atoms with Gasteiger partial charge in [0.05, 0.1) is 6.10 Å². The first-order valence-electron chi connectivity index (χ1n) is 7.38. The Morgan fingerprint density at radius 2 is 2.00 bits per heavy atom. The quantitative estimate of drug-likeness (QED) is 0.913. The molecular formula is C16H19N3O2S. The number of rotatable bonds is 3. The topological polar surface area (TPSA) is 65.5 Å². The largest absolute Gasteiger partial charge is 0.393 e. The minimum atomic E-state index is -0.178. The molecule has 2 aromatic rings. The number of thiazole rings is 1. The van der Waals surface area contributed by atoms with E-state index in [1.807, 2.05) is 31.2 Å². The van der Waals surface area contributed by atoms with Gasteiger partial charge in [-0.25, -0.2) is 4.98 Å². The number of aryl methyl sites for hydroxylation is 1. The maximum absolute atomic E-state index is 12.2. The number of aromatic nitrogens is 1. The van der Waals surface area contributed by atoms with E-state index in [0.717, 1.165) is 36.5 Å². The predicted octanol–water partition coefficient (Wildman–Crippen LogP) is 2.66. The van der Waals surface area contributed by atoms with E-state index in [9.17, 15) is 9.90 Å². The Kier molecular flexibility index (Phi) is 4.40. The second kappa shape index (κ2) is 6.46. The Labute approximate surface area is 133 Å². The summed E-state index contributed by atoms with van der Waals surface area (Å²) in [4.78, 5) is 19.6. The van der Waals surface area contributed by atoms with Crippen molar-refractivity contribution < 1.29 is 9.90 Å². The molecule has 0 unspecified atom stereocenters. The van der Waals surface area contributed by atoms with Crippen LogP contribution in [-0.4, -0.2) is 35.2 Å². The molecule has 1 aliphatic heterocycles. The summed E-state index contributed by atoms with van der Waals surface area (Å²) < 4.78 is 0. The van der Waals surface area contributed by atoms with E-state index in [2.05, 4.69) is 15.2 Å². The number of aliphatic hydroxyl groups is 1. The smallest absolute Gasteiger partial charge is 0.257 e. The molecule has 6 heteroatoms. The van der Waals surface area contributed by atoms with Gasteiger partial charge in [0.25, 0.3) is 5.91 Å². The van der Waals surface area contributed by atoms with E-state index in [1.54, 1.807) is 6.20 Å². The summed E-state index contributed by atoms with van der Waals surface area (Å²) in [5, 5.41) is 13.0. The summed E-state index contributed by atoms with van der Waals surface area (Å²) >= 11 is 1.46. The van der Waals surface area contributed by atoms with Crippen LogP contribution in [-0.2, 0) is 0 Å². The summed E-state index contributed by atoms with van der Waals surface area (Å²) in [6.45, 7) is 3.66. The average molecular weight is 317 g/mol. The number of piperidine rings is 1. The molecule has 1 fully saturated rings. The zero-order valence-electron chi connectivity index (χ0n) is 12.5. The highest BCUT2D eigenvalue weighted by molar-refractivity contribution is 7.15. The third kappa shape index (κ3) is 3.45. The fourth-order valence-electron chi connectivity index (χ4n) is 2.53. The summed E-state index contributed by atoms with van der Waals surface area (Å²) in [5.74, 6) is -0.144. The molecule has 0 radical (unpaired) electrons. The summed E-state index contributed by atoms with van der Waals surface area (Å²) in [6.07, 6.45) is 3.16. The van der Waals surface area contributed by atoms with Gasteiger partial charge in [-0.05, 0) is 44.0 Å². The highest BCUT2D eigenvalue weighted by atomic mass is 32.1. The lowest BCUT2D eigenvalue weighted by atomic mass is 10.1. The Morgan fingerprint density at radius 3 is 2.59 bits per heavy atom. The van der Waals surface area contributed by atoms with Gasteiger partial charge < -0.3 is 10.0 Å². The highest BCUT2D eigenvalue weighted by Gasteiger charge is 2.17. The van der Waals surface area contributed by atoms with E-state index >= 15 is 0 Å². The standard InChI is InChI=1S/C16H19N3O2S/c1-11-10-17-16(22-11)18-15(21)12-2-4-13(5-3-12)19-8-6-14(20)7-9-19/h2-5,10,14,20H,6-9H2,1H3,(H,17,18,21). The maximum atomic E-state index is 12.2. The van der Waals surface area contributed by atoms with E-state index in [0.29, 0.717) is 10.7 Å². The van der Waals surface area contributed by atoms with Crippen molar-refractivity contribution in [2.24, 2.45) is 0 Å². The van der Waals surface area contributed by atoms with Crippen LogP contribution in [0.5, 0.6) is 0 Å². The predicted molar refractivity (Wildman–Crippen MR) is 88.7 cm³/mol. The number of anilines is 2. The van der Waals surface area contributed by atoms with Crippen LogP contribution >= 0.6 is 11.3 Å². The molecule has 5 nitrogen and oxygen atoms in total. The fraction of sp³-hybridized carbons (Fsp3) is 0.375. The van der Waals surface area contributed by atoms with Crippen molar-refractivity contribution in [1.29, 1.82) is 0 Å². The van der Waals surface area contributed by atoms with Crippen LogP contribution in [0.3, 0.4) is 0 Å². The molecule has 2 heterocycles. The van der Waals surface area contributed by atoms with Gasteiger partial charge >= 0.3 is 0 Å². The number of amides is 1. The zero-order chi connectivity index (χ0) is 15.5. The third-order valence-electron chi connectivity index (χ3n) is 3.80. The normalized spacial score (nSPS) is 15.8. The summed E-state index contributed by atoms with van der Waals surface area (Å²) in [6, 6.07) is 7.58. The van der Waals surface area contributed by atoms with Gasteiger partial charge in [-0.15, -0.1) is 11.3 Å². The lowest BCUT2D eigenvalue weighted by Gasteiger charge is -2.31. The Balaban J connectivity index is 1.64. The molecule has 1 aromatic carbocycles. The molecule has 0 aliphatic carbocycles. The van der Waals surface area contributed by atoms with Gasteiger partial charge in [-0.3, -0.25) is 10.1 Å². The van der Waals surface area contributed by atoms with Crippen molar-refractivity contribution in [3.63, 3.8) is 0 Å². The lowest BCUT2D eigenvalue weighted by molar-refractivity contribution is 0.102. The number of carbonyl (C=O) groups excluding carboxylic acids is 1. The molecule has 3 rings (SSSR count). The van der Waals surface area contributed by atoms with Crippen LogP contribution in [0, 0.1) is 6.92 Å². The molecule has 0 spiro atoms. The van der Waals surface area contributed by atoms with Crippen molar-refractivity contribution >= 4 is 28.1 Å². The Hall–Kier alpha value is -1.92. The number of nitrogens with zero attached hydrogens (tertiary/aromatic N) is 2. The van der Waals surface area contributed by atoms with Gasteiger partial charge in [0, 0.05) is 35.4 Å². The molecule has 0 atom stereocenters. The number of aliphatic hydroxyl groups excluding tert-OH is 1. The molecule has 22 heavy (non-hydrogen) atoms. The maximum Gasteiger partial charge on any atom is 0.257 e. The fourth-order valence-corrected chi connectivity index (χ4v) is 3.19. The Morgan fingerprint density at radius 1 is 1.32 bits per heavy atom. The molecule has 116 valence electrons. The molecular weight excluding hydrogens is 298 g/mol. The van der Waals surface area contributed by atoms with Crippen LogP contribution in [0.2, 0.25) is 0 Å². The van der Waals surface area contributed by atoms with Gasteiger partial charge in [0.1, 0.15) is 0 Å². The van der Waals surface area contributed by atoms with Crippen molar-refractivity contribution in [3.8, 4) is 0 Å². The first-order valence-corrected chi connectivity index (χ1v) is 8.20. The van der Waals surface area contributed by atoms with E-state index in [-0.39, 0.29) is 12.0 Å². The van der Waals surface area contributed by atoms with E-state index in [1.165, 1.54) is 11.3 Å². The van der Waals surface area contributed by atoms with Gasteiger partial charge in [0.2, 0.25) is 0 Å². The van der Waals surface area contributed by atoms with Crippen molar-refractivity contribution in [2.45, 2.75) is 25.9 Å². The molecule has 1 aliphatic rings. The number of carbonyl (C=O) groups is 1. The molecule has 0 bridgehead atoms. The van der Waals surface area contributed by atoms with Gasteiger partial charge in [-0.1, -0.05) is 0 Å². The second-order valence-corrected chi connectivity index (χ2v) is 6.73. The summed E-state index contributed by atoms with van der Waals surface area (Å²) in [7, 11) is 0. The minimum Gasteiger partial charge on any atom is -0.393 e. The van der Waals surface area contributed by atoms with Crippen molar-refractivity contribution in [1.82, 2.24) is 4.98 Å². The first kappa shape index (κ1) is 15.0. The molecule has 1 saturated heterocycles. The molecule has 1 amide bonds. The van der Waals surface area contributed by atoms with Crippen LogP contribution in [0.4, 0.5) is 10.8 Å². The third-order valence-corrected chi connectivity index (χ3v) is 4.63.